The zero-order valence-electron chi connectivity index (χ0n) is 13.5. The molecule has 0 unspecified atom stereocenters. The van der Waals surface area contributed by atoms with Crippen molar-refractivity contribution in [3.63, 3.8) is 0 Å². The zero-order valence-corrected chi connectivity index (χ0v) is 13.5. The van der Waals surface area contributed by atoms with E-state index in [0.717, 1.165) is 16.9 Å². The smallest absolute Gasteiger partial charge is 0.435 e. The standard InChI is InChI=1S/C16H16F3N3O3/c1-15(2,14(24)25)9-20-13(23)10-4-3-5-11(8-10)22-7-6-12(21-22)16(17,18)19/h3-8H,9H2,1-2H3,(H,20,23)(H,24,25). The second kappa shape index (κ2) is 6.58. The summed E-state index contributed by atoms with van der Waals surface area (Å²) in [6.07, 6.45) is -3.41. The number of aromatic nitrogens is 2. The van der Waals surface area contributed by atoms with Gasteiger partial charge in [-0.3, -0.25) is 9.59 Å². The molecule has 1 aromatic heterocycles. The number of nitrogens with one attached hydrogen (secondary N) is 1. The first kappa shape index (κ1) is 18.5. The van der Waals surface area contributed by atoms with Crippen molar-refractivity contribution in [3.05, 3.63) is 47.8 Å². The van der Waals surface area contributed by atoms with Crippen molar-refractivity contribution in [2.75, 3.05) is 6.54 Å². The molecule has 0 saturated carbocycles. The van der Waals surface area contributed by atoms with Gasteiger partial charge < -0.3 is 10.4 Å². The third kappa shape index (κ3) is 4.37. The Balaban J connectivity index is 2.17. The number of rotatable bonds is 5. The van der Waals surface area contributed by atoms with Crippen LogP contribution in [0.1, 0.15) is 29.9 Å². The number of aliphatic carboxylic acids is 1. The van der Waals surface area contributed by atoms with Gasteiger partial charge in [0, 0.05) is 18.3 Å². The van der Waals surface area contributed by atoms with Gasteiger partial charge in [0.2, 0.25) is 0 Å². The molecular formula is C16H16F3N3O3. The van der Waals surface area contributed by atoms with Crippen molar-refractivity contribution < 1.29 is 27.9 Å². The van der Waals surface area contributed by atoms with Crippen LogP contribution < -0.4 is 5.32 Å². The number of carbonyl (C=O) groups excluding carboxylic acids is 1. The fourth-order valence-electron chi connectivity index (χ4n) is 1.89. The van der Waals surface area contributed by atoms with E-state index in [-0.39, 0.29) is 17.8 Å². The highest BCUT2D eigenvalue weighted by atomic mass is 19.4. The molecule has 0 fully saturated rings. The fourth-order valence-corrected chi connectivity index (χ4v) is 1.89. The minimum absolute atomic E-state index is 0.0919. The first-order chi connectivity index (χ1) is 11.5. The van der Waals surface area contributed by atoms with Gasteiger partial charge in [-0.05, 0) is 38.1 Å². The largest absolute Gasteiger partial charge is 0.481 e. The Labute approximate surface area is 141 Å². The number of nitrogens with zero attached hydrogens (tertiary/aromatic N) is 2. The Hall–Kier alpha value is -2.84. The van der Waals surface area contributed by atoms with Crippen LogP contribution in [0.2, 0.25) is 0 Å². The summed E-state index contributed by atoms with van der Waals surface area (Å²) < 4.78 is 38.9. The maximum absolute atomic E-state index is 12.6. The molecule has 0 aliphatic heterocycles. The minimum atomic E-state index is -4.55. The molecule has 2 aromatic rings. The van der Waals surface area contributed by atoms with Crippen molar-refractivity contribution in [1.82, 2.24) is 15.1 Å². The second-order valence-corrected chi connectivity index (χ2v) is 6.07. The third-order valence-electron chi connectivity index (χ3n) is 3.52. The number of carbonyl (C=O) groups is 2. The number of hydrogen-bond donors (Lipinski definition) is 2. The summed E-state index contributed by atoms with van der Waals surface area (Å²) in [5.41, 5.74) is -1.72. The molecule has 0 radical (unpaired) electrons. The predicted octanol–water partition coefficient (Wildman–Crippen LogP) is 2.73. The van der Waals surface area contributed by atoms with Gasteiger partial charge in [-0.25, -0.2) is 4.68 Å². The quantitative estimate of drug-likeness (QED) is 0.864. The summed E-state index contributed by atoms with van der Waals surface area (Å²) in [7, 11) is 0. The first-order valence-corrected chi connectivity index (χ1v) is 7.25. The highest BCUT2D eigenvalue weighted by molar-refractivity contribution is 5.95. The van der Waals surface area contributed by atoms with Crippen molar-refractivity contribution in [1.29, 1.82) is 0 Å². The van der Waals surface area contributed by atoms with Gasteiger partial charge in [0.05, 0.1) is 11.1 Å². The number of halogens is 3. The van der Waals surface area contributed by atoms with Crippen LogP contribution in [0, 0.1) is 5.41 Å². The van der Waals surface area contributed by atoms with E-state index in [9.17, 15) is 22.8 Å². The van der Waals surface area contributed by atoms with E-state index in [1.54, 1.807) is 0 Å². The summed E-state index contributed by atoms with van der Waals surface area (Å²) in [5, 5.41) is 15.0. The van der Waals surface area contributed by atoms with Gasteiger partial charge in [-0.15, -0.1) is 0 Å². The van der Waals surface area contributed by atoms with Gasteiger partial charge in [0.25, 0.3) is 5.91 Å². The highest BCUT2D eigenvalue weighted by Crippen LogP contribution is 2.28. The van der Waals surface area contributed by atoms with Crippen LogP contribution in [0.25, 0.3) is 5.69 Å². The van der Waals surface area contributed by atoms with Crippen molar-refractivity contribution in [2.45, 2.75) is 20.0 Å². The van der Waals surface area contributed by atoms with E-state index in [1.165, 1.54) is 38.1 Å². The Kier molecular flexibility index (Phi) is 4.87. The highest BCUT2D eigenvalue weighted by Gasteiger charge is 2.33. The lowest BCUT2D eigenvalue weighted by Crippen LogP contribution is -2.38. The molecule has 1 amide bonds. The van der Waals surface area contributed by atoms with Crippen molar-refractivity contribution in [3.8, 4) is 5.69 Å². The van der Waals surface area contributed by atoms with Crippen molar-refractivity contribution >= 4 is 11.9 Å². The lowest BCUT2D eigenvalue weighted by Gasteiger charge is -2.19. The molecule has 134 valence electrons. The minimum Gasteiger partial charge on any atom is -0.481 e. The van der Waals surface area contributed by atoms with E-state index in [0.29, 0.717) is 0 Å². The van der Waals surface area contributed by atoms with Gasteiger partial charge >= 0.3 is 12.1 Å². The lowest BCUT2D eigenvalue weighted by atomic mass is 9.94. The van der Waals surface area contributed by atoms with Crippen molar-refractivity contribution in [2.24, 2.45) is 5.41 Å². The maximum Gasteiger partial charge on any atom is 0.435 e. The van der Waals surface area contributed by atoms with Gasteiger partial charge in [-0.2, -0.15) is 18.3 Å². The molecule has 1 heterocycles. The molecule has 25 heavy (non-hydrogen) atoms. The number of benzene rings is 1. The molecule has 0 atom stereocenters. The maximum atomic E-state index is 12.6. The Bertz CT molecular complexity index is 797. The third-order valence-corrected chi connectivity index (χ3v) is 3.52. The summed E-state index contributed by atoms with van der Waals surface area (Å²) >= 11 is 0. The Morgan fingerprint density at radius 1 is 1.24 bits per heavy atom. The number of amides is 1. The molecule has 6 nitrogen and oxygen atoms in total. The summed E-state index contributed by atoms with van der Waals surface area (Å²) in [6.45, 7) is 2.84. The summed E-state index contributed by atoms with van der Waals surface area (Å²) in [5.74, 6) is -1.59. The molecule has 0 aliphatic rings. The van der Waals surface area contributed by atoms with Gasteiger partial charge in [0.15, 0.2) is 5.69 Å². The first-order valence-electron chi connectivity index (χ1n) is 7.25. The number of carboxylic acids is 1. The average molecular weight is 355 g/mol. The van der Waals surface area contributed by atoms with Gasteiger partial charge in [-0.1, -0.05) is 6.07 Å². The van der Waals surface area contributed by atoms with Crippen LogP contribution in [-0.4, -0.2) is 33.3 Å². The van der Waals surface area contributed by atoms with E-state index < -0.39 is 29.2 Å². The fraction of sp³-hybridized carbons (Fsp3) is 0.312. The molecule has 0 spiro atoms. The van der Waals surface area contributed by atoms with E-state index in [2.05, 4.69) is 10.4 Å². The monoisotopic (exact) mass is 355 g/mol. The zero-order chi connectivity index (χ0) is 18.8. The molecule has 2 N–H and O–H groups in total. The van der Waals surface area contributed by atoms with Gasteiger partial charge in [0.1, 0.15) is 0 Å². The predicted molar refractivity (Wildman–Crippen MR) is 82.3 cm³/mol. The SMILES string of the molecule is CC(C)(CNC(=O)c1cccc(-n2ccc(C(F)(F)F)n2)c1)C(=O)O. The Morgan fingerprint density at radius 3 is 2.48 bits per heavy atom. The van der Waals surface area contributed by atoms with Crippen LogP contribution in [0.5, 0.6) is 0 Å². The average Bonchev–Trinajstić information content (AvgIpc) is 3.03. The van der Waals surface area contributed by atoms with E-state index >= 15 is 0 Å². The van der Waals surface area contributed by atoms with Crippen LogP contribution >= 0.6 is 0 Å². The van der Waals surface area contributed by atoms with Crippen LogP contribution in [0.15, 0.2) is 36.5 Å². The normalized spacial score (nSPS) is 12.0. The lowest BCUT2D eigenvalue weighted by molar-refractivity contribution is -0.146. The molecule has 0 aliphatic carbocycles. The van der Waals surface area contributed by atoms with Crippen LogP contribution in [-0.2, 0) is 11.0 Å². The summed E-state index contributed by atoms with van der Waals surface area (Å²) in [6, 6.07) is 6.69. The van der Waals surface area contributed by atoms with Crippen LogP contribution in [0.3, 0.4) is 0 Å². The van der Waals surface area contributed by atoms with Crippen LogP contribution in [0.4, 0.5) is 13.2 Å². The molecular weight excluding hydrogens is 339 g/mol. The number of alkyl halides is 3. The number of carboxylic acid groups (broad SMARTS) is 1. The molecule has 2 rings (SSSR count). The molecule has 0 bridgehead atoms. The van der Waals surface area contributed by atoms with E-state index in [4.69, 9.17) is 5.11 Å². The Morgan fingerprint density at radius 2 is 1.92 bits per heavy atom. The molecule has 0 saturated heterocycles. The summed E-state index contributed by atoms with van der Waals surface area (Å²) in [4.78, 5) is 23.2. The molecule has 9 heteroatoms. The molecule has 1 aromatic carbocycles. The van der Waals surface area contributed by atoms with E-state index in [1.807, 2.05) is 0 Å². The second-order valence-electron chi connectivity index (χ2n) is 6.07. The number of hydrogen-bond acceptors (Lipinski definition) is 3. The topological polar surface area (TPSA) is 84.2 Å².